The molecule has 0 amide bonds. The zero-order valence-electron chi connectivity index (χ0n) is 11.4. The van der Waals surface area contributed by atoms with Gasteiger partial charge in [-0.1, -0.05) is 0 Å². The normalized spacial score (nSPS) is 24.2. The van der Waals surface area contributed by atoms with Crippen LogP contribution in [-0.2, 0) is 11.2 Å². The first-order valence-corrected chi connectivity index (χ1v) is 8.20. The molecule has 0 aromatic heterocycles. The number of rotatable bonds is 3. The minimum Gasteiger partial charge on any atom is -0.465 e. The maximum atomic E-state index is 11.7. The third kappa shape index (κ3) is 2.33. The number of fused-ring (bicyclic) bond motifs is 1. The first-order chi connectivity index (χ1) is 9.63. The lowest BCUT2D eigenvalue weighted by Crippen LogP contribution is -2.44. The fraction of sp³-hybridized carbons (Fsp3) is 0.533. The van der Waals surface area contributed by atoms with Gasteiger partial charge in [0.25, 0.3) is 0 Å². The lowest BCUT2D eigenvalue weighted by atomic mass is 9.80. The van der Waals surface area contributed by atoms with Crippen molar-refractivity contribution in [1.29, 1.82) is 0 Å². The molecule has 20 heavy (non-hydrogen) atoms. The molecule has 1 fully saturated rings. The van der Waals surface area contributed by atoms with Gasteiger partial charge >= 0.3 is 5.97 Å². The van der Waals surface area contributed by atoms with Crippen LogP contribution < -0.4 is 4.90 Å². The fourth-order valence-electron chi connectivity index (χ4n) is 3.20. The molecule has 0 atom stereocenters. The molecule has 1 heterocycles. The van der Waals surface area contributed by atoms with Gasteiger partial charge < -0.3 is 9.64 Å². The highest BCUT2D eigenvalue weighted by atomic mass is 79.9. The highest BCUT2D eigenvalue weighted by molar-refractivity contribution is 9.10. The summed E-state index contributed by atoms with van der Waals surface area (Å²) in [6.45, 7) is 1.03. The molecule has 1 saturated carbocycles. The van der Waals surface area contributed by atoms with Gasteiger partial charge in [-0.3, -0.25) is 0 Å². The van der Waals surface area contributed by atoms with Crippen molar-refractivity contribution >= 4 is 39.2 Å². The minimum absolute atomic E-state index is 0.280. The van der Waals surface area contributed by atoms with Crippen molar-refractivity contribution in [1.82, 2.24) is 0 Å². The smallest absolute Gasteiger partial charge is 0.337 e. The predicted octanol–water partition coefficient (Wildman–Crippen LogP) is 3.62. The van der Waals surface area contributed by atoms with E-state index in [0.29, 0.717) is 17.5 Å². The molecule has 1 aromatic carbocycles. The SMILES string of the molecule is COC(=O)c1cc(Br)c2c(c1)CCN2C1CC(CCl)C1. The van der Waals surface area contributed by atoms with Gasteiger partial charge in [-0.25, -0.2) is 4.79 Å². The van der Waals surface area contributed by atoms with E-state index in [-0.39, 0.29) is 5.97 Å². The molecule has 0 radical (unpaired) electrons. The van der Waals surface area contributed by atoms with Crippen LogP contribution in [-0.4, -0.2) is 31.5 Å². The van der Waals surface area contributed by atoms with Gasteiger partial charge in [0.1, 0.15) is 0 Å². The fourth-order valence-corrected chi connectivity index (χ4v) is 4.18. The van der Waals surface area contributed by atoms with Crippen LogP contribution in [0, 0.1) is 5.92 Å². The minimum atomic E-state index is -0.280. The van der Waals surface area contributed by atoms with Gasteiger partial charge in [0.15, 0.2) is 0 Å². The number of nitrogens with zero attached hydrogens (tertiary/aromatic N) is 1. The van der Waals surface area contributed by atoms with Gasteiger partial charge in [0.2, 0.25) is 0 Å². The summed E-state index contributed by atoms with van der Waals surface area (Å²) in [7, 11) is 1.41. The van der Waals surface area contributed by atoms with Crippen LogP contribution in [0.1, 0.15) is 28.8 Å². The molecule has 1 aliphatic carbocycles. The highest BCUT2D eigenvalue weighted by Gasteiger charge is 2.37. The van der Waals surface area contributed by atoms with Crippen LogP contribution in [0.5, 0.6) is 0 Å². The number of benzene rings is 1. The number of halogens is 2. The topological polar surface area (TPSA) is 29.5 Å². The number of esters is 1. The third-order valence-corrected chi connectivity index (χ3v) is 5.38. The second-order valence-corrected chi connectivity index (χ2v) is 6.71. The molecular formula is C15H17BrClNO2. The molecule has 5 heteroatoms. The van der Waals surface area contributed by atoms with Gasteiger partial charge in [0.05, 0.1) is 18.4 Å². The molecule has 2 aliphatic rings. The van der Waals surface area contributed by atoms with E-state index in [0.717, 1.165) is 23.3 Å². The van der Waals surface area contributed by atoms with Crippen LogP contribution >= 0.6 is 27.5 Å². The summed E-state index contributed by atoms with van der Waals surface area (Å²) < 4.78 is 5.79. The standard InChI is InChI=1S/C15H17BrClNO2/c1-20-15(19)11-6-10-2-3-18(14(10)13(16)7-11)12-4-9(5-12)8-17/h6-7,9,12H,2-5,8H2,1H3. The van der Waals surface area contributed by atoms with Crippen molar-refractivity contribution in [3.8, 4) is 0 Å². The molecule has 3 rings (SSSR count). The average Bonchev–Trinajstić information content (AvgIpc) is 2.81. The Bertz CT molecular complexity index is 543. The summed E-state index contributed by atoms with van der Waals surface area (Å²) >= 11 is 9.51. The lowest BCUT2D eigenvalue weighted by Gasteiger charge is -2.42. The van der Waals surface area contributed by atoms with Crippen LogP contribution in [0.4, 0.5) is 5.69 Å². The number of hydrogen-bond acceptors (Lipinski definition) is 3. The summed E-state index contributed by atoms with van der Waals surface area (Å²) in [5, 5.41) is 0. The van der Waals surface area contributed by atoms with E-state index in [2.05, 4.69) is 20.8 Å². The maximum Gasteiger partial charge on any atom is 0.337 e. The number of carbonyl (C=O) groups excluding carboxylic acids is 1. The Balaban J connectivity index is 1.85. The Kier molecular flexibility index (Phi) is 3.95. The Hall–Kier alpha value is -0.740. The molecule has 0 saturated heterocycles. The zero-order chi connectivity index (χ0) is 14.3. The van der Waals surface area contributed by atoms with Gasteiger partial charge in [0, 0.05) is 22.9 Å². The summed E-state index contributed by atoms with van der Waals surface area (Å²) in [6.07, 6.45) is 3.34. The maximum absolute atomic E-state index is 11.7. The van der Waals surface area contributed by atoms with E-state index in [1.807, 2.05) is 12.1 Å². The lowest BCUT2D eigenvalue weighted by molar-refractivity contribution is 0.0600. The van der Waals surface area contributed by atoms with Gasteiger partial charge in [-0.2, -0.15) is 0 Å². The first kappa shape index (κ1) is 14.2. The largest absolute Gasteiger partial charge is 0.465 e. The monoisotopic (exact) mass is 357 g/mol. The Morgan fingerprint density at radius 3 is 2.90 bits per heavy atom. The molecule has 0 unspecified atom stereocenters. The van der Waals surface area contributed by atoms with E-state index in [4.69, 9.17) is 16.3 Å². The molecule has 0 bridgehead atoms. The second-order valence-electron chi connectivity index (χ2n) is 5.55. The van der Waals surface area contributed by atoms with Crippen molar-refractivity contribution < 1.29 is 9.53 Å². The summed E-state index contributed by atoms with van der Waals surface area (Å²) in [6, 6.07) is 4.42. The number of methoxy groups -OCH3 is 1. The number of alkyl halides is 1. The van der Waals surface area contributed by atoms with Gasteiger partial charge in [-0.05, 0) is 58.8 Å². The number of ether oxygens (including phenoxy) is 1. The predicted molar refractivity (Wildman–Crippen MR) is 83.8 cm³/mol. The van der Waals surface area contributed by atoms with E-state index in [9.17, 15) is 4.79 Å². The average molecular weight is 359 g/mol. The Morgan fingerprint density at radius 2 is 2.25 bits per heavy atom. The van der Waals surface area contributed by atoms with Crippen LogP contribution in [0.2, 0.25) is 0 Å². The van der Waals surface area contributed by atoms with Crippen LogP contribution in [0.3, 0.4) is 0 Å². The molecule has 108 valence electrons. The van der Waals surface area contributed by atoms with Crippen molar-refractivity contribution in [2.45, 2.75) is 25.3 Å². The number of carbonyl (C=O) groups is 1. The van der Waals surface area contributed by atoms with Crippen molar-refractivity contribution in [3.63, 3.8) is 0 Å². The molecule has 0 spiro atoms. The van der Waals surface area contributed by atoms with E-state index >= 15 is 0 Å². The van der Waals surface area contributed by atoms with Crippen molar-refractivity contribution in [3.05, 3.63) is 27.7 Å². The Labute approximate surface area is 132 Å². The number of anilines is 1. The molecular weight excluding hydrogens is 342 g/mol. The van der Waals surface area contributed by atoms with Crippen molar-refractivity contribution in [2.75, 3.05) is 24.4 Å². The summed E-state index contributed by atoms with van der Waals surface area (Å²) in [4.78, 5) is 14.1. The van der Waals surface area contributed by atoms with E-state index in [1.54, 1.807) is 0 Å². The molecule has 1 aliphatic heterocycles. The van der Waals surface area contributed by atoms with Crippen LogP contribution in [0.15, 0.2) is 16.6 Å². The summed E-state index contributed by atoms with van der Waals surface area (Å²) in [5.41, 5.74) is 3.09. The van der Waals surface area contributed by atoms with Crippen LogP contribution in [0.25, 0.3) is 0 Å². The Morgan fingerprint density at radius 1 is 1.50 bits per heavy atom. The van der Waals surface area contributed by atoms with Crippen molar-refractivity contribution in [2.24, 2.45) is 5.92 Å². The quantitative estimate of drug-likeness (QED) is 0.610. The molecule has 0 N–H and O–H groups in total. The summed E-state index contributed by atoms with van der Waals surface area (Å²) in [5.74, 6) is 1.15. The second kappa shape index (κ2) is 5.57. The van der Waals surface area contributed by atoms with E-state index in [1.165, 1.54) is 31.2 Å². The van der Waals surface area contributed by atoms with E-state index < -0.39 is 0 Å². The first-order valence-electron chi connectivity index (χ1n) is 6.87. The highest BCUT2D eigenvalue weighted by Crippen LogP contribution is 2.43. The third-order valence-electron chi connectivity index (χ3n) is 4.34. The zero-order valence-corrected chi connectivity index (χ0v) is 13.7. The molecule has 1 aromatic rings. The number of hydrogen-bond donors (Lipinski definition) is 0. The van der Waals surface area contributed by atoms with Gasteiger partial charge in [-0.15, -0.1) is 11.6 Å². The molecule has 3 nitrogen and oxygen atoms in total.